The molecule has 0 aromatic carbocycles. The van der Waals surface area contributed by atoms with Crippen LogP contribution in [0.25, 0.3) is 0 Å². The summed E-state index contributed by atoms with van der Waals surface area (Å²) in [5.41, 5.74) is 2.46. The maximum absolute atomic E-state index is 12.0. The lowest BCUT2D eigenvalue weighted by molar-refractivity contribution is 0.145. The van der Waals surface area contributed by atoms with Crippen molar-refractivity contribution < 1.29 is 8.78 Å². The second-order valence-corrected chi connectivity index (χ2v) is 4.48. The molecule has 2 heterocycles. The van der Waals surface area contributed by atoms with Crippen molar-refractivity contribution in [3.8, 4) is 0 Å². The van der Waals surface area contributed by atoms with Gasteiger partial charge in [0.2, 0.25) is 0 Å². The third-order valence-electron chi connectivity index (χ3n) is 2.30. The number of hydrogen-bond donors (Lipinski definition) is 0. The lowest BCUT2D eigenvalue weighted by Crippen LogP contribution is -1.97. The Bertz CT molecular complexity index is 516. The third kappa shape index (κ3) is 7.71. The lowest BCUT2D eigenvalue weighted by Gasteiger charge is -2.00. The van der Waals surface area contributed by atoms with Crippen LogP contribution in [-0.2, 0) is 0 Å². The summed E-state index contributed by atoms with van der Waals surface area (Å²) in [4.78, 5) is 15.7. The molecule has 0 saturated heterocycles. The Balaban J connectivity index is 0.000000366. The molecule has 2 aromatic rings. The minimum Gasteiger partial charge on any atom is -0.239 e. The van der Waals surface area contributed by atoms with Gasteiger partial charge in [-0.3, -0.25) is 0 Å². The molecule has 22 heavy (non-hydrogen) atoms. The summed E-state index contributed by atoms with van der Waals surface area (Å²) >= 11 is 0. The summed E-state index contributed by atoms with van der Waals surface area (Å²) in [5.74, 6) is 1.24. The molecule has 0 unspecified atom stereocenters. The van der Waals surface area contributed by atoms with Crippen LogP contribution in [0.1, 0.15) is 54.7 Å². The first-order valence-electron chi connectivity index (χ1n) is 7.17. The lowest BCUT2D eigenvalue weighted by atomic mass is 10.3. The molecule has 0 spiro atoms. The van der Waals surface area contributed by atoms with Crippen LogP contribution in [0, 0.1) is 34.6 Å². The number of alkyl halides is 2. The number of halogens is 2. The fourth-order valence-electron chi connectivity index (χ4n) is 1.76. The van der Waals surface area contributed by atoms with Gasteiger partial charge in [-0.15, -0.1) is 0 Å². The van der Waals surface area contributed by atoms with E-state index >= 15 is 0 Å². The van der Waals surface area contributed by atoms with Gasteiger partial charge in [0.05, 0.1) is 0 Å². The van der Waals surface area contributed by atoms with Gasteiger partial charge in [0.15, 0.2) is 0 Å². The number of aryl methyl sites for hydroxylation is 5. The molecule has 6 heteroatoms. The molecule has 0 N–H and O–H groups in total. The molecule has 0 aliphatic heterocycles. The zero-order valence-corrected chi connectivity index (χ0v) is 14.3. The third-order valence-corrected chi connectivity index (χ3v) is 2.30. The van der Waals surface area contributed by atoms with Crippen LogP contribution in [0.3, 0.4) is 0 Å². The molecule has 2 aromatic heterocycles. The summed E-state index contributed by atoms with van der Waals surface area (Å²) < 4.78 is 24.1. The summed E-state index contributed by atoms with van der Waals surface area (Å²) in [7, 11) is 0. The summed E-state index contributed by atoms with van der Waals surface area (Å²) in [6, 6.07) is 3.25. The number of aromatic nitrogens is 4. The molecule has 0 aliphatic rings. The highest BCUT2D eigenvalue weighted by atomic mass is 19.3. The maximum Gasteiger partial charge on any atom is 0.280 e. The van der Waals surface area contributed by atoms with E-state index < -0.39 is 6.43 Å². The van der Waals surface area contributed by atoms with E-state index in [1.165, 1.54) is 6.07 Å². The molecule has 2 rings (SSSR count). The monoisotopic (exact) mass is 310 g/mol. The van der Waals surface area contributed by atoms with E-state index in [0.717, 1.165) is 17.2 Å². The second-order valence-electron chi connectivity index (χ2n) is 4.48. The van der Waals surface area contributed by atoms with Gasteiger partial charge >= 0.3 is 0 Å². The van der Waals surface area contributed by atoms with Crippen molar-refractivity contribution in [2.45, 2.75) is 54.9 Å². The van der Waals surface area contributed by atoms with E-state index in [0.29, 0.717) is 11.5 Å². The Morgan fingerprint density at radius 1 is 0.682 bits per heavy atom. The van der Waals surface area contributed by atoms with E-state index in [1.54, 1.807) is 13.8 Å². The highest BCUT2D eigenvalue weighted by Gasteiger charge is 2.09. The predicted molar refractivity (Wildman–Crippen MR) is 84.1 cm³/mol. The molecule has 0 fully saturated rings. The van der Waals surface area contributed by atoms with Gasteiger partial charge < -0.3 is 0 Å². The average Bonchev–Trinajstić information content (AvgIpc) is 2.38. The molecule has 0 saturated carbocycles. The Morgan fingerprint density at radius 3 is 1.36 bits per heavy atom. The molecule has 0 radical (unpaired) electrons. The van der Waals surface area contributed by atoms with Crippen LogP contribution in [0.2, 0.25) is 0 Å². The van der Waals surface area contributed by atoms with Crippen LogP contribution in [0.5, 0.6) is 0 Å². The normalized spacial score (nSPS) is 9.55. The molecular formula is C16H24F2N4. The molecule has 0 bridgehead atoms. The van der Waals surface area contributed by atoms with Crippen LogP contribution in [0.15, 0.2) is 12.1 Å². The number of hydrogen-bond acceptors (Lipinski definition) is 4. The van der Waals surface area contributed by atoms with Gasteiger partial charge in [-0.05, 0) is 46.8 Å². The van der Waals surface area contributed by atoms with E-state index in [9.17, 15) is 8.78 Å². The molecule has 4 nitrogen and oxygen atoms in total. The zero-order valence-electron chi connectivity index (χ0n) is 14.3. The number of rotatable bonds is 1. The number of nitrogens with zero attached hydrogens (tertiary/aromatic N) is 4. The summed E-state index contributed by atoms with van der Waals surface area (Å²) in [5, 5.41) is 0. The molecule has 0 aliphatic carbocycles. The van der Waals surface area contributed by atoms with Gasteiger partial charge in [-0.25, -0.2) is 28.7 Å². The van der Waals surface area contributed by atoms with Crippen LogP contribution >= 0.6 is 0 Å². The standard InChI is InChI=1S/C7H8F2N2.C7H10N2.C2H6/c1-4-3-6(7(8)9)11-5(2)10-4;1-5-4-6(2)9-7(3)8-5;1-2/h3,7H,1-2H3;4H,1-3H3;1-2H3. The quantitative estimate of drug-likeness (QED) is 0.780. The molecule has 122 valence electrons. The van der Waals surface area contributed by atoms with Crippen molar-refractivity contribution in [3.63, 3.8) is 0 Å². The van der Waals surface area contributed by atoms with E-state index in [4.69, 9.17) is 0 Å². The van der Waals surface area contributed by atoms with Crippen LogP contribution < -0.4 is 0 Å². The molecule has 0 atom stereocenters. The molecular weight excluding hydrogens is 286 g/mol. The first kappa shape index (κ1) is 20.0. The van der Waals surface area contributed by atoms with Crippen LogP contribution in [0.4, 0.5) is 8.78 Å². The fraction of sp³-hybridized carbons (Fsp3) is 0.500. The minimum absolute atomic E-state index is 0.199. The zero-order chi connectivity index (χ0) is 17.3. The average molecular weight is 310 g/mol. The van der Waals surface area contributed by atoms with Crippen molar-refractivity contribution in [1.82, 2.24) is 19.9 Å². The van der Waals surface area contributed by atoms with Crippen LogP contribution in [-0.4, -0.2) is 19.9 Å². The molecule has 0 amide bonds. The first-order valence-corrected chi connectivity index (χ1v) is 7.17. The highest BCUT2D eigenvalue weighted by molar-refractivity contribution is 5.10. The van der Waals surface area contributed by atoms with Crippen molar-refractivity contribution in [3.05, 3.63) is 46.6 Å². The summed E-state index contributed by atoms with van der Waals surface area (Å²) in [6.07, 6.45) is -2.50. The van der Waals surface area contributed by atoms with Gasteiger partial charge in [0, 0.05) is 17.1 Å². The topological polar surface area (TPSA) is 51.6 Å². The smallest absolute Gasteiger partial charge is 0.239 e. The minimum atomic E-state index is -2.50. The highest BCUT2D eigenvalue weighted by Crippen LogP contribution is 2.16. The maximum atomic E-state index is 12.0. The van der Waals surface area contributed by atoms with Crippen molar-refractivity contribution in [2.75, 3.05) is 0 Å². The Labute approximate surface area is 131 Å². The SMILES string of the molecule is CC.Cc1cc(C(F)F)nc(C)n1.Cc1cc(C)nc(C)n1. The first-order chi connectivity index (χ1) is 10.3. The van der Waals surface area contributed by atoms with Gasteiger partial charge in [0.25, 0.3) is 6.43 Å². The summed E-state index contributed by atoms with van der Waals surface area (Å²) in [6.45, 7) is 13.1. The Hall–Kier alpha value is -1.98. The largest absolute Gasteiger partial charge is 0.280 e. The van der Waals surface area contributed by atoms with Crippen molar-refractivity contribution in [2.24, 2.45) is 0 Å². The van der Waals surface area contributed by atoms with Crippen molar-refractivity contribution >= 4 is 0 Å². The van der Waals surface area contributed by atoms with E-state index in [2.05, 4.69) is 19.9 Å². The predicted octanol–water partition coefficient (Wildman–Crippen LogP) is 4.46. The Kier molecular flexibility index (Phi) is 8.98. The van der Waals surface area contributed by atoms with Gasteiger partial charge in [-0.1, -0.05) is 13.8 Å². The second kappa shape index (κ2) is 9.87. The van der Waals surface area contributed by atoms with E-state index in [1.807, 2.05) is 40.7 Å². The van der Waals surface area contributed by atoms with Gasteiger partial charge in [-0.2, -0.15) is 0 Å². The van der Waals surface area contributed by atoms with Crippen molar-refractivity contribution in [1.29, 1.82) is 0 Å². The van der Waals surface area contributed by atoms with Gasteiger partial charge in [0.1, 0.15) is 17.3 Å². The Morgan fingerprint density at radius 2 is 1.05 bits per heavy atom. The van der Waals surface area contributed by atoms with E-state index in [-0.39, 0.29) is 5.69 Å². The fourth-order valence-corrected chi connectivity index (χ4v) is 1.76.